The number of rotatable bonds is 5. The molecule has 3 unspecified atom stereocenters. The van der Waals surface area contributed by atoms with Gasteiger partial charge in [-0.25, -0.2) is 4.79 Å². The van der Waals surface area contributed by atoms with Crippen LogP contribution in [0.5, 0.6) is 0 Å². The summed E-state index contributed by atoms with van der Waals surface area (Å²) in [5.41, 5.74) is 0. The van der Waals surface area contributed by atoms with Crippen molar-refractivity contribution in [3.8, 4) is 0 Å². The Labute approximate surface area is 182 Å². The Balaban J connectivity index is 0.000000360. The third kappa shape index (κ3) is 6.13. The van der Waals surface area contributed by atoms with Crippen LogP contribution in [0.25, 0.3) is 0 Å². The second-order valence-corrected chi connectivity index (χ2v) is 7.71. The third-order valence-corrected chi connectivity index (χ3v) is 5.50. The highest BCUT2D eigenvalue weighted by molar-refractivity contribution is 5.91. The monoisotopic (exact) mass is 458 g/mol. The summed E-state index contributed by atoms with van der Waals surface area (Å²) in [7, 11) is 0. The van der Waals surface area contributed by atoms with E-state index in [0.717, 1.165) is 44.1 Å². The molecular weight excluding hydrogens is 433 g/mol. The second-order valence-electron chi connectivity index (χ2n) is 7.71. The van der Waals surface area contributed by atoms with E-state index in [-0.39, 0.29) is 12.0 Å². The zero-order valence-electron chi connectivity index (χ0n) is 17.4. The minimum absolute atomic E-state index is 0.160. The van der Waals surface area contributed by atoms with Crippen LogP contribution in [0.3, 0.4) is 0 Å². The van der Waals surface area contributed by atoms with E-state index < -0.39 is 12.1 Å². The van der Waals surface area contributed by atoms with Gasteiger partial charge in [0, 0.05) is 25.0 Å². The largest absolute Gasteiger partial charge is 0.490 e. The minimum Gasteiger partial charge on any atom is -0.475 e. The van der Waals surface area contributed by atoms with E-state index in [0.29, 0.717) is 24.3 Å². The van der Waals surface area contributed by atoms with Crippen molar-refractivity contribution in [3.05, 3.63) is 47.8 Å². The van der Waals surface area contributed by atoms with Crippen molar-refractivity contribution >= 4 is 11.9 Å². The van der Waals surface area contributed by atoms with Gasteiger partial charge in [0.25, 0.3) is 5.91 Å². The SMILES string of the molecule is Cc1ccc(CN2CCOC3C(CNC(=O)c4ccco4)CCC32)o1.O=C(O)C(F)(F)F. The van der Waals surface area contributed by atoms with Crippen LogP contribution in [-0.2, 0) is 16.1 Å². The Hall–Kier alpha value is -2.79. The number of amides is 1. The average molecular weight is 458 g/mol. The number of carboxylic acid groups (broad SMARTS) is 1. The molecule has 2 fully saturated rings. The highest BCUT2D eigenvalue weighted by Gasteiger charge is 2.42. The van der Waals surface area contributed by atoms with Crippen molar-refractivity contribution in [1.82, 2.24) is 10.2 Å². The normalized spacial score (nSPS) is 23.2. The van der Waals surface area contributed by atoms with Gasteiger partial charge in [0.1, 0.15) is 11.5 Å². The Bertz CT molecular complexity index is 896. The molecule has 1 aliphatic carbocycles. The summed E-state index contributed by atoms with van der Waals surface area (Å²) in [6.45, 7) is 5.06. The first-order valence-electron chi connectivity index (χ1n) is 10.2. The minimum atomic E-state index is -5.08. The van der Waals surface area contributed by atoms with Crippen molar-refractivity contribution in [2.24, 2.45) is 5.92 Å². The van der Waals surface area contributed by atoms with Gasteiger partial charge in [-0.05, 0) is 44.0 Å². The van der Waals surface area contributed by atoms with E-state index in [4.69, 9.17) is 23.5 Å². The molecule has 2 aromatic heterocycles. The Morgan fingerprint density at radius 3 is 2.59 bits per heavy atom. The summed E-state index contributed by atoms with van der Waals surface area (Å²) in [5.74, 6) is -0.267. The standard InChI is InChI=1S/C19H24N2O4.C2HF3O2/c1-13-4-6-15(25-13)12-21-8-10-24-18-14(5-7-16(18)21)11-20-19(22)17-3-2-9-23-17;3-2(4,5)1(6)7/h2-4,6,9,14,16,18H,5,7-8,10-12H2,1H3,(H,20,22);(H,6,7). The smallest absolute Gasteiger partial charge is 0.475 e. The van der Waals surface area contributed by atoms with Gasteiger partial charge in [0.05, 0.1) is 25.5 Å². The molecule has 0 radical (unpaired) electrons. The Kier molecular flexibility index (Phi) is 7.62. The van der Waals surface area contributed by atoms with E-state index in [1.54, 1.807) is 12.1 Å². The van der Waals surface area contributed by atoms with Gasteiger partial charge in [0.2, 0.25) is 0 Å². The molecular formula is C21H25F3N2O6. The van der Waals surface area contributed by atoms with E-state index in [9.17, 15) is 18.0 Å². The van der Waals surface area contributed by atoms with E-state index in [2.05, 4.69) is 16.3 Å². The number of fused-ring (bicyclic) bond motifs is 1. The predicted octanol–water partition coefficient (Wildman–Crippen LogP) is 3.22. The number of halogens is 3. The molecule has 0 spiro atoms. The number of carboxylic acids is 1. The quantitative estimate of drug-likeness (QED) is 0.709. The van der Waals surface area contributed by atoms with Gasteiger partial charge < -0.3 is 24.0 Å². The molecule has 4 rings (SSSR count). The van der Waals surface area contributed by atoms with Crippen LogP contribution >= 0.6 is 0 Å². The fourth-order valence-corrected chi connectivity index (χ4v) is 4.04. The van der Waals surface area contributed by atoms with Crippen molar-refractivity contribution in [2.75, 3.05) is 19.7 Å². The number of aryl methyl sites for hydroxylation is 1. The highest BCUT2D eigenvalue weighted by Crippen LogP contribution is 2.35. The lowest BCUT2D eigenvalue weighted by atomic mass is 10.0. The highest BCUT2D eigenvalue weighted by atomic mass is 19.4. The zero-order valence-corrected chi connectivity index (χ0v) is 17.4. The first kappa shape index (κ1) is 23.9. The maximum atomic E-state index is 12.1. The Morgan fingerprint density at radius 2 is 2.00 bits per heavy atom. The average Bonchev–Trinajstić information content (AvgIpc) is 3.47. The molecule has 1 saturated heterocycles. The van der Waals surface area contributed by atoms with E-state index in [1.165, 1.54) is 6.26 Å². The lowest BCUT2D eigenvalue weighted by Crippen LogP contribution is -2.50. The molecule has 2 N–H and O–H groups in total. The van der Waals surface area contributed by atoms with Crippen LogP contribution in [-0.4, -0.2) is 59.9 Å². The van der Waals surface area contributed by atoms with Crippen molar-refractivity contribution in [1.29, 1.82) is 0 Å². The number of hydrogen-bond acceptors (Lipinski definition) is 6. The molecule has 1 amide bonds. The van der Waals surface area contributed by atoms with Gasteiger partial charge in [-0.15, -0.1) is 0 Å². The van der Waals surface area contributed by atoms with Gasteiger partial charge in [0.15, 0.2) is 5.76 Å². The number of ether oxygens (including phenoxy) is 1. The maximum Gasteiger partial charge on any atom is 0.490 e. The van der Waals surface area contributed by atoms with Crippen LogP contribution in [0.1, 0.15) is 34.9 Å². The van der Waals surface area contributed by atoms with E-state index >= 15 is 0 Å². The van der Waals surface area contributed by atoms with Crippen LogP contribution < -0.4 is 5.32 Å². The Morgan fingerprint density at radius 1 is 1.25 bits per heavy atom. The summed E-state index contributed by atoms with van der Waals surface area (Å²) in [5, 5.41) is 10.1. The van der Waals surface area contributed by atoms with Gasteiger partial charge in [-0.3, -0.25) is 9.69 Å². The molecule has 3 atom stereocenters. The number of carbonyl (C=O) groups excluding carboxylic acids is 1. The second kappa shape index (κ2) is 10.2. The van der Waals surface area contributed by atoms with Gasteiger partial charge in [-0.1, -0.05) is 0 Å². The number of morpholine rings is 1. The lowest BCUT2D eigenvalue weighted by Gasteiger charge is -2.38. The number of aliphatic carboxylic acids is 1. The van der Waals surface area contributed by atoms with Crippen molar-refractivity contribution < 1.29 is 41.4 Å². The molecule has 8 nitrogen and oxygen atoms in total. The number of nitrogens with zero attached hydrogens (tertiary/aromatic N) is 1. The van der Waals surface area contributed by atoms with Crippen LogP contribution in [0.15, 0.2) is 39.4 Å². The molecule has 0 aromatic carbocycles. The predicted molar refractivity (Wildman–Crippen MR) is 105 cm³/mol. The summed E-state index contributed by atoms with van der Waals surface area (Å²) < 4.78 is 48.7. The molecule has 1 saturated carbocycles. The summed E-state index contributed by atoms with van der Waals surface area (Å²) in [6, 6.07) is 7.85. The molecule has 1 aliphatic heterocycles. The molecule has 176 valence electrons. The first-order chi connectivity index (χ1) is 15.1. The molecule has 11 heteroatoms. The molecule has 2 aliphatic rings. The molecule has 2 aromatic rings. The number of alkyl halides is 3. The summed E-state index contributed by atoms with van der Waals surface area (Å²) in [6.07, 6.45) is -1.26. The first-order valence-corrected chi connectivity index (χ1v) is 10.2. The fourth-order valence-electron chi connectivity index (χ4n) is 4.04. The number of carbonyl (C=O) groups is 2. The number of hydrogen-bond donors (Lipinski definition) is 2. The molecule has 0 bridgehead atoms. The fraction of sp³-hybridized carbons (Fsp3) is 0.524. The number of furan rings is 2. The molecule has 32 heavy (non-hydrogen) atoms. The van der Waals surface area contributed by atoms with Gasteiger partial charge in [-0.2, -0.15) is 13.2 Å². The van der Waals surface area contributed by atoms with E-state index in [1.807, 2.05) is 13.0 Å². The van der Waals surface area contributed by atoms with Crippen LogP contribution in [0, 0.1) is 12.8 Å². The zero-order chi connectivity index (χ0) is 23.3. The van der Waals surface area contributed by atoms with Gasteiger partial charge >= 0.3 is 12.1 Å². The van der Waals surface area contributed by atoms with Crippen LogP contribution in [0.4, 0.5) is 13.2 Å². The summed E-state index contributed by atoms with van der Waals surface area (Å²) in [4.78, 5) is 23.4. The molecule has 3 heterocycles. The summed E-state index contributed by atoms with van der Waals surface area (Å²) >= 11 is 0. The van der Waals surface area contributed by atoms with Crippen LogP contribution in [0.2, 0.25) is 0 Å². The lowest BCUT2D eigenvalue weighted by molar-refractivity contribution is -0.192. The third-order valence-electron chi connectivity index (χ3n) is 5.50. The topological polar surface area (TPSA) is 105 Å². The van der Waals surface area contributed by atoms with Crippen molar-refractivity contribution in [2.45, 2.75) is 44.6 Å². The van der Waals surface area contributed by atoms with Crippen molar-refractivity contribution in [3.63, 3.8) is 0 Å². The maximum absolute atomic E-state index is 12.1. The number of nitrogens with one attached hydrogen (secondary N) is 1.